The standard InChI is InChI=1S/C20H27F3N2O3/c1-13(15-6-5-7-16(12-15)20(21,22)23)24-17(26)14-8-10-25(11-9-14)18(27)28-19(2,3)4/h5-7,12-14H,8-11H2,1-4H3,(H,24,26). The Balaban J connectivity index is 1.90. The van der Waals surface area contributed by atoms with Crippen LogP contribution in [0.5, 0.6) is 0 Å². The van der Waals surface area contributed by atoms with Crippen LogP contribution in [0.25, 0.3) is 0 Å². The Hall–Kier alpha value is -2.25. The van der Waals surface area contributed by atoms with Crippen LogP contribution in [0, 0.1) is 5.92 Å². The van der Waals surface area contributed by atoms with Crippen LogP contribution in [0.4, 0.5) is 18.0 Å². The summed E-state index contributed by atoms with van der Waals surface area (Å²) < 4.78 is 43.9. The third-order valence-corrected chi connectivity index (χ3v) is 4.59. The normalized spacial score (nSPS) is 17.2. The van der Waals surface area contributed by atoms with Gasteiger partial charge in [0.2, 0.25) is 5.91 Å². The number of hydrogen-bond acceptors (Lipinski definition) is 3. The van der Waals surface area contributed by atoms with Gasteiger partial charge in [-0.1, -0.05) is 12.1 Å². The summed E-state index contributed by atoms with van der Waals surface area (Å²) in [5, 5.41) is 2.79. The van der Waals surface area contributed by atoms with E-state index >= 15 is 0 Å². The fourth-order valence-electron chi connectivity index (χ4n) is 3.05. The largest absolute Gasteiger partial charge is 0.444 e. The lowest BCUT2D eigenvalue weighted by Gasteiger charge is -2.33. The molecule has 1 aromatic carbocycles. The molecular formula is C20H27F3N2O3. The molecule has 0 aliphatic carbocycles. The zero-order valence-corrected chi connectivity index (χ0v) is 16.6. The first-order chi connectivity index (χ1) is 12.9. The van der Waals surface area contributed by atoms with Crippen molar-refractivity contribution in [2.24, 2.45) is 5.92 Å². The van der Waals surface area contributed by atoms with E-state index < -0.39 is 29.5 Å². The second-order valence-electron chi connectivity index (χ2n) is 8.10. The first-order valence-electron chi connectivity index (χ1n) is 9.32. The van der Waals surface area contributed by atoms with E-state index in [9.17, 15) is 22.8 Å². The molecule has 0 radical (unpaired) electrons. The van der Waals surface area contributed by atoms with E-state index in [-0.39, 0.29) is 11.8 Å². The smallest absolute Gasteiger partial charge is 0.416 e. The molecule has 1 N–H and O–H groups in total. The maximum Gasteiger partial charge on any atom is 0.416 e. The van der Waals surface area contributed by atoms with Gasteiger partial charge in [-0.2, -0.15) is 13.2 Å². The van der Waals surface area contributed by atoms with Crippen LogP contribution in [0.15, 0.2) is 24.3 Å². The summed E-state index contributed by atoms with van der Waals surface area (Å²) in [6.07, 6.45) is -3.85. The first-order valence-corrected chi connectivity index (χ1v) is 9.32. The number of nitrogens with zero attached hydrogens (tertiary/aromatic N) is 1. The molecule has 2 rings (SSSR count). The number of ether oxygens (including phenoxy) is 1. The predicted molar refractivity (Wildman–Crippen MR) is 98.5 cm³/mol. The molecule has 28 heavy (non-hydrogen) atoms. The van der Waals surface area contributed by atoms with Gasteiger partial charge in [0.15, 0.2) is 0 Å². The van der Waals surface area contributed by atoms with E-state index in [0.29, 0.717) is 31.5 Å². The number of piperidine rings is 1. The highest BCUT2D eigenvalue weighted by Crippen LogP contribution is 2.31. The van der Waals surface area contributed by atoms with E-state index in [4.69, 9.17) is 4.74 Å². The van der Waals surface area contributed by atoms with E-state index in [1.807, 2.05) is 0 Å². The van der Waals surface area contributed by atoms with Crippen LogP contribution in [-0.4, -0.2) is 35.6 Å². The van der Waals surface area contributed by atoms with Crippen molar-refractivity contribution in [3.63, 3.8) is 0 Å². The van der Waals surface area contributed by atoms with Gasteiger partial charge >= 0.3 is 12.3 Å². The van der Waals surface area contributed by atoms with Crippen molar-refractivity contribution in [1.29, 1.82) is 0 Å². The molecule has 1 atom stereocenters. The minimum Gasteiger partial charge on any atom is -0.444 e. The number of carbonyl (C=O) groups excluding carboxylic acids is 2. The lowest BCUT2D eigenvalue weighted by Crippen LogP contribution is -2.45. The average molecular weight is 400 g/mol. The van der Waals surface area contributed by atoms with Crippen molar-refractivity contribution in [2.75, 3.05) is 13.1 Å². The van der Waals surface area contributed by atoms with E-state index in [1.165, 1.54) is 6.07 Å². The van der Waals surface area contributed by atoms with Crippen LogP contribution in [0.2, 0.25) is 0 Å². The lowest BCUT2D eigenvalue weighted by molar-refractivity contribution is -0.137. The third-order valence-electron chi connectivity index (χ3n) is 4.59. The zero-order valence-electron chi connectivity index (χ0n) is 16.6. The molecule has 1 heterocycles. The Kier molecular flexibility index (Phi) is 6.62. The van der Waals surface area contributed by atoms with Gasteiger partial charge in [-0.05, 0) is 58.2 Å². The predicted octanol–water partition coefficient (Wildman–Crippen LogP) is 4.53. The number of nitrogens with one attached hydrogen (secondary N) is 1. The highest BCUT2D eigenvalue weighted by Gasteiger charge is 2.32. The summed E-state index contributed by atoms with van der Waals surface area (Å²) in [6.45, 7) is 7.85. The molecule has 1 aromatic rings. The number of hydrogen-bond donors (Lipinski definition) is 1. The molecule has 0 aromatic heterocycles. The molecule has 8 heteroatoms. The third kappa shape index (κ3) is 6.14. The topological polar surface area (TPSA) is 58.6 Å². The fourth-order valence-corrected chi connectivity index (χ4v) is 3.05. The van der Waals surface area contributed by atoms with Crippen molar-refractivity contribution < 1.29 is 27.5 Å². The molecule has 2 amide bonds. The molecule has 5 nitrogen and oxygen atoms in total. The fraction of sp³-hybridized carbons (Fsp3) is 0.600. The number of carbonyl (C=O) groups is 2. The number of alkyl halides is 3. The SMILES string of the molecule is CC(NC(=O)C1CCN(C(=O)OC(C)(C)C)CC1)c1cccc(C(F)(F)F)c1. The van der Waals surface area contributed by atoms with Gasteiger partial charge in [0.1, 0.15) is 5.60 Å². The highest BCUT2D eigenvalue weighted by atomic mass is 19.4. The van der Waals surface area contributed by atoms with Gasteiger partial charge < -0.3 is 15.0 Å². The summed E-state index contributed by atoms with van der Waals surface area (Å²) in [7, 11) is 0. The number of halogens is 3. The quantitative estimate of drug-likeness (QED) is 0.811. The molecule has 1 aliphatic rings. The monoisotopic (exact) mass is 400 g/mol. The molecule has 156 valence electrons. The Bertz CT molecular complexity index is 705. The van der Waals surface area contributed by atoms with Crippen LogP contribution in [-0.2, 0) is 15.7 Å². The van der Waals surface area contributed by atoms with Gasteiger partial charge in [0.05, 0.1) is 11.6 Å². The number of rotatable bonds is 3. The van der Waals surface area contributed by atoms with Gasteiger partial charge in [-0.3, -0.25) is 4.79 Å². The van der Waals surface area contributed by atoms with E-state index in [1.54, 1.807) is 38.7 Å². The van der Waals surface area contributed by atoms with Crippen LogP contribution < -0.4 is 5.32 Å². The van der Waals surface area contributed by atoms with Crippen LogP contribution >= 0.6 is 0 Å². The summed E-state index contributed by atoms with van der Waals surface area (Å²) in [5.74, 6) is -0.499. The number of likely N-dealkylation sites (tertiary alicyclic amines) is 1. The van der Waals surface area contributed by atoms with Crippen molar-refractivity contribution in [1.82, 2.24) is 10.2 Å². The minimum atomic E-state index is -4.42. The van der Waals surface area contributed by atoms with E-state index in [2.05, 4.69) is 5.32 Å². The Morgan fingerprint density at radius 1 is 1.18 bits per heavy atom. The highest BCUT2D eigenvalue weighted by molar-refractivity contribution is 5.79. The molecule has 0 bridgehead atoms. The van der Waals surface area contributed by atoms with Crippen molar-refractivity contribution in [2.45, 2.75) is 58.4 Å². The van der Waals surface area contributed by atoms with Crippen molar-refractivity contribution in [3.8, 4) is 0 Å². The first kappa shape index (κ1) is 22.0. The number of benzene rings is 1. The van der Waals surface area contributed by atoms with Gasteiger partial charge in [0, 0.05) is 19.0 Å². The molecule has 0 spiro atoms. The van der Waals surface area contributed by atoms with Crippen LogP contribution in [0.1, 0.15) is 57.7 Å². The second kappa shape index (κ2) is 8.41. The molecule has 1 unspecified atom stereocenters. The molecule has 1 fully saturated rings. The summed E-state index contributed by atoms with van der Waals surface area (Å²) in [5.41, 5.74) is -0.919. The molecule has 1 saturated heterocycles. The van der Waals surface area contributed by atoms with Gasteiger partial charge in [-0.25, -0.2) is 4.79 Å². The maximum atomic E-state index is 12.9. The Morgan fingerprint density at radius 2 is 1.79 bits per heavy atom. The summed E-state index contributed by atoms with van der Waals surface area (Å²) in [4.78, 5) is 26.2. The van der Waals surface area contributed by atoms with Crippen molar-refractivity contribution >= 4 is 12.0 Å². The van der Waals surface area contributed by atoms with Gasteiger partial charge in [-0.15, -0.1) is 0 Å². The average Bonchev–Trinajstić information content (AvgIpc) is 2.59. The Labute approximate surface area is 163 Å². The lowest BCUT2D eigenvalue weighted by atomic mass is 9.95. The van der Waals surface area contributed by atoms with E-state index in [0.717, 1.165) is 12.1 Å². The molecule has 1 aliphatic heterocycles. The molecular weight excluding hydrogens is 373 g/mol. The van der Waals surface area contributed by atoms with Crippen LogP contribution in [0.3, 0.4) is 0 Å². The maximum absolute atomic E-state index is 12.9. The minimum absolute atomic E-state index is 0.214. The Morgan fingerprint density at radius 3 is 2.32 bits per heavy atom. The molecule has 0 saturated carbocycles. The summed E-state index contributed by atoms with van der Waals surface area (Å²) in [6, 6.07) is 4.41. The second-order valence-corrected chi connectivity index (χ2v) is 8.10. The van der Waals surface area contributed by atoms with Crippen molar-refractivity contribution in [3.05, 3.63) is 35.4 Å². The number of amides is 2. The zero-order chi connectivity index (χ0) is 21.1. The summed E-state index contributed by atoms with van der Waals surface area (Å²) >= 11 is 0. The van der Waals surface area contributed by atoms with Gasteiger partial charge in [0.25, 0.3) is 0 Å².